The van der Waals surface area contributed by atoms with Crippen LogP contribution in [0, 0.1) is 5.92 Å². The van der Waals surface area contributed by atoms with Gasteiger partial charge in [0, 0.05) is 30.0 Å². The molecule has 3 aromatic rings. The highest BCUT2D eigenvalue weighted by molar-refractivity contribution is 5.82. The Hall–Kier alpha value is -3.12. The van der Waals surface area contributed by atoms with Crippen LogP contribution in [-0.4, -0.2) is 34.7 Å². The predicted molar refractivity (Wildman–Crippen MR) is 134 cm³/mol. The summed E-state index contributed by atoms with van der Waals surface area (Å²) in [5, 5.41) is 12.3. The number of amides is 1. The van der Waals surface area contributed by atoms with Crippen LogP contribution in [0.15, 0.2) is 63.8 Å². The molecule has 1 saturated heterocycles. The van der Waals surface area contributed by atoms with E-state index in [-0.39, 0.29) is 30.1 Å². The lowest BCUT2D eigenvalue weighted by Crippen LogP contribution is -2.56. The highest BCUT2D eigenvalue weighted by atomic mass is 16.5. The van der Waals surface area contributed by atoms with E-state index < -0.39 is 5.60 Å². The second-order valence-corrected chi connectivity index (χ2v) is 9.94. The molecule has 1 aliphatic heterocycles. The summed E-state index contributed by atoms with van der Waals surface area (Å²) in [6.45, 7) is 2.46. The number of aryl methyl sites for hydroxylation is 1. The normalized spacial score (nSPS) is 24.2. The van der Waals surface area contributed by atoms with Crippen LogP contribution in [0.3, 0.4) is 0 Å². The first-order valence-electron chi connectivity index (χ1n) is 12.7. The van der Waals surface area contributed by atoms with Crippen molar-refractivity contribution >= 4 is 16.9 Å². The van der Waals surface area contributed by atoms with Gasteiger partial charge in [-0.15, -0.1) is 0 Å². The average Bonchev–Trinajstić information content (AvgIpc) is 2.86. The van der Waals surface area contributed by atoms with E-state index in [9.17, 15) is 14.7 Å². The molecule has 6 heteroatoms. The Balaban J connectivity index is 1.37. The quantitative estimate of drug-likeness (QED) is 0.507. The van der Waals surface area contributed by atoms with Crippen molar-refractivity contribution in [3.63, 3.8) is 0 Å². The average molecular weight is 476 g/mol. The van der Waals surface area contributed by atoms with Gasteiger partial charge in [0.05, 0.1) is 11.6 Å². The van der Waals surface area contributed by atoms with Gasteiger partial charge in [-0.3, -0.25) is 4.79 Å². The molecule has 2 aromatic carbocycles. The van der Waals surface area contributed by atoms with Crippen molar-refractivity contribution in [1.82, 2.24) is 4.90 Å². The molecule has 2 fully saturated rings. The minimum atomic E-state index is -0.720. The first-order valence-corrected chi connectivity index (χ1v) is 12.7. The fourth-order valence-corrected chi connectivity index (χ4v) is 6.03. The predicted octanol–water partition coefficient (Wildman–Crippen LogP) is 5.02. The number of hydrogen-bond donors (Lipinski definition) is 1. The molecule has 0 radical (unpaired) electrons. The molecule has 1 N–H and O–H groups in total. The molecule has 1 aromatic heterocycles. The zero-order chi connectivity index (χ0) is 24.4. The van der Waals surface area contributed by atoms with Gasteiger partial charge >= 0.3 is 5.63 Å². The number of hydrogen-bond acceptors (Lipinski definition) is 5. The minimum Gasteiger partial charge on any atom is -0.484 e. The molecule has 184 valence electrons. The van der Waals surface area contributed by atoms with E-state index in [1.807, 2.05) is 47.4 Å². The van der Waals surface area contributed by atoms with Crippen molar-refractivity contribution in [2.75, 3.05) is 13.2 Å². The van der Waals surface area contributed by atoms with Gasteiger partial charge in [-0.25, -0.2) is 4.79 Å². The molecule has 1 saturated carbocycles. The summed E-state index contributed by atoms with van der Waals surface area (Å²) in [5.74, 6) is 0.404. The molecule has 0 unspecified atom stereocenters. The monoisotopic (exact) mass is 475 g/mol. The Morgan fingerprint density at radius 2 is 1.97 bits per heavy atom. The molecule has 35 heavy (non-hydrogen) atoms. The van der Waals surface area contributed by atoms with Crippen LogP contribution in [0.25, 0.3) is 11.0 Å². The van der Waals surface area contributed by atoms with Gasteiger partial charge in [0.2, 0.25) is 0 Å². The maximum Gasteiger partial charge on any atom is 0.336 e. The van der Waals surface area contributed by atoms with E-state index in [0.29, 0.717) is 24.3 Å². The van der Waals surface area contributed by atoms with Crippen LogP contribution < -0.4 is 10.4 Å². The summed E-state index contributed by atoms with van der Waals surface area (Å²) in [5.41, 5.74) is 1.39. The van der Waals surface area contributed by atoms with E-state index in [2.05, 4.69) is 6.92 Å². The highest BCUT2D eigenvalue weighted by Crippen LogP contribution is 2.49. The molecule has 1 aliphatic carbocycles. The van der Waals surface area contributed by atoms with Crippen LogP contribution in [-0.2, 0) is 11.2 Å². The number of carbonyl (C=O) groups is 1. The SMILES string of the molecule is CCCc1cc(=O)oc2cc(OCC(=O)N3CC[C@@]4(O)CCCC[C@@H]4[C@@H]3c3ccccc3)ccc12. The number of piperidine rings is 1. The van der Waals surface area contributed by atoms with Crippen molar-refractivity contribution in [1.29, 1.82) is 0 Å². The van der Waals surface area contributed by atoms with Gasteiger partial charge in [-0.05, 0) is 48.9 Å². The van der Waals surface area contributed by atoms with Crippen molar-refractivity contribution in [2.45, 2.75) is 63.5 Å². The Morgan fingerprint density at radius 3 is 2.77 bits per heavy atom. The Labute approximate surface area is 205 Å². The number of rotatable bonds is 6. The van der Waals surface area contributed by atoms with E-state index in [1.165, 1.54) is 0 Å². The largest absolute Gasteiger partial charge is 0.484 e. The molecule has 1 amide bonds. The highest BCUT2D eigenvalue weighted by Gasteiger charge is 2.50. The molecular formula is C29H33NO5. The number of benzene rings is 2. The Morgan fingerprint density at radius 1 is 1.14 bits per heavy atom. The lowest BCUT2D eigenvalue weighted by molar-refractivity contribution is -0.157. The third-order valence-corrected chi connectivity index (χ3v) is 7.71. The summed E-state index contributed by atoms with van der Waals surface area (Å²) in [4.78, 5) is 27.3. The first-order chi connectivity index (χ1) is 17.0. The van der Waals surface area contributed by atoms with Gasteiger partial charge < -0.3 is 19.2 Å². The number of likely N-dealkylation sites (tertiary alicyclic amines) is 1. The minimum absolute atomic E-state index is 0.0169. The van der Waals surface area contributed by atoms with Crippen molar-refractivity contribution in [3.05, 3.63) is 76.1 Å². The van der Waals surface area contributed by atoms with Gasteiger partial charge in [-0.1, -0.05) is 56.5 Å². The van der Waals surface area contributed by atoms with Crippen LogP contribution in [0.4, 0.5) is 0 Å². The molecular weight excluding hydrogens is 442 g/mol. The number of nitrogens with zero attached hydrogens (tertiary/aromatic N) is 1. The molecule has 2 heterocycles. The van der Waals surface area contributed by atoms with Crippen LogP contribution in [0.2, 0.25) is 0 Å². The summed E-state index contributed by atoms with van der Waals surface area (Å²) in [6.07, 6.45) is 6.12. The summed E-state index contributed by atoms with van der Waals surface area (Å²) < 4.78 is 11.3. The summed E-state index contributed by atoms with van der Waals surface area (Å²) in [7, 11) is 0. The second kappa shape index (κ2) is 9.86. The molecule has 6 nitrogen and oxygen atoms in total. The number of carbonyl (C=O) groups excluding carboxylic acids is 1. The molecule has 0 bridgehead atoms. The van der Waals surface area contributed by atoms with E-state index >= 15 is 0 Å². The summed E-state index contributed by atoms with van der Waals surface area (Å²) >= 11 is 0. The Kier molecular flexibility index (Phi) is 6.65. The second-order valence-electron chi connectivity index (χ2n) is 9.94. The van der Waals surface area contributed by atoms with Crippen molar-refractivity contribution in [3.8, 4) is 5.75 Å². The smallest absolute Gasteiger partial charge is 0.336 e. The van der Waals surface area contributed by atoms with Gasteiger partial charge in [0.25, 0.3) is 5.91 Å². The number of fused-ring (bicyclic) bond motifs is 2. The Bertz CT molecular complexity index is 1250. The van der Waals surface area contributed by atoms with Crippen LogP contribution in [0.1, 0.15) is 62.6 Å². The van der Waals surface area contributed by atoms with E-state index in [4.69, 9.17) is 9.15 Å². The molecule has 0 spiro atoms. The van der Waals surface area contributed by atoms with Gasteiger partial charge in [-0.2, -0.15) is 0 Å². The molecule has 3 atom stereocenters. The van der Waals surface area contributed by atoms with Crippen LogP contribution in [0.5, 0.6) is 5.75 Å². The van der Waals surface area contributed by atoms with Crippen LogP contribution >= 0.6 is 0 Å². The van der Waals surface area contributed by atoms with Gasteiger partial charge in [0.15, 0.2) is 6.61 Å². The van der Waals surface area contributed by atoms with Crippen molar-refractivity contribution in [2.24, 2.45) is 5.92 Å². The topological polar surface area (TPSA) is 80.0 Å². The number of ether oxygens (including phenoxy) is 1. The van der Waals surface area contributed by atoms with E-state index in [1.54, 1.807) is 12.1 Å². The molecule has 2 aliphatic rings. The van der Waals surface area contributed by atoms with E-state index in [0.717, 1.165) is 55.0 Å². The lowest BCUT2D eigenvalue weighted by atomic mass is 9.66. The zero-order valence-corrected chi connectivity index (χ0v) is 20.2. The maximum absolute atomic E-state index is 13.4. The first kappa shape index (κ1) is 23.6. The fourth-order valence-electron chi connectivity index (χ4n) is 6.03. The van der Waals surface area contributed by atoms with Crippen molar-refractivity contribution < 1.29 is 19.1 Å². The standard InChI is InChI=1S/C29H33NO5/c1-2-8-21-17-27(32)35-25-18-22(12-13-23(21)25)34-19-26(31)30-16-15-29(33)14-7-6-11-24(29)28(30)20-9-4-3-5-10-20/h3-5,9-10,12-13,17-18,24,28,33H,2,6-8,11,14-16,19H2,1H3/t24-,28+,29+/m1/s1. The third-order valence-electron chi connectivity index (χ3n) is 7.71. The number of aliphatic hydroxyl groups is 1. The summed E-state index contributed by atoms with van der Waals surface area (Å²) in [6, 6.07) is 16.8. The zero-order valence-electron chi connectivity index (χ0n) is 20.2. The third kappa shape index (κ3) is 4.72. The van der Waals surface area contributed by atoms with Gasteiger partial charge in [0.1, 0.15) is 11.3 Å². The fraction of sp³-hybridized carbons (Fsp3) is 0.448. The molecule has 5 rings (SSSR count). The maximum atomic E-state index is 13.4. The lowest BCUT2D eigenvalue weighted by Gasteiger charge is -2.52.